The highest BCUT2D eigenvalue weighted by Gasteiger charge is 2.26. The zero-order chi connectivity index (χ0) is 20.4. The summed E-state index contributed by atoms with van der Waals surface area (Å²) in [6.07, 6.45) is 2.27. The van der Waals surface area contributed by atoms with Gasteiger partial charge in [-0.25, -0.2) is 4.79 Å². The summed E-state index contributed by atoms with van der Waals surface area (Å²) in [5.41, 5.74) is 0.714. The van der Waals surface area contributed by atoms with Crippen molar-refractivity contribution in [1.82, 2.24) is 24.6 Å². The summed E-state index contributed by atoms with van der Waals surface area (Å²) in [7, 11) is 0. The highest BCUT2D eigenvalue weighted by Crippen LogP contribution is 2.21. The van der Waals surface area contributed by atoms with Gasteiger partial charge in [-0.3, -0.25) is 18.7 Å². The zero-order valence-electron chi connectivity index (χ0n) is 16.1. The third-order valence-electron chi connectivity index (χ3n) is 4.97. The number of aryl methyl sites for hydroxylation is 1. The Morgan fingerprint density at radius 1 is 1.21 bits per heavy atom. The van der Waals surface area contributed by atoms with Gasteiger partial charge in [-0.15, -0.1) is 0 Å². The number of hydrogen-bond donors (Lipinski definition) is 1. The van der Waals surface area contributed by atoms with Crippen LogP contribution in [0.5, 0.6) is 0 Å². The van der Waals surface area contributed by atoms with Gasteiger partial charge in [0.2, 0.25) is 17.6 Å². The molecule has 1 N–H and O–H groups in total. The Kier molecular flexibility index (Phi) is 5.11. The molecule has 1 aliphatic heterocycles. The maximum Gasteiger partial charge on any atom is 0.331 e. The first-order valence-corrected chi connectivity index (χ1v) is 9.52. The number of hydrogen-bond acceptors (Lipinski definition) is 6. The summed E-state index contributed by atoms with van der Waals surface area (Å²) >= 11 is 0. The van der Waals surface area contributed by atoms with E-state index in [4.69, 9.17) is 4.52 Å². The quantitative estimate of drug-likeness (QED) is 0.690. The predicted molar refractivity (Wildman–Crippen MR) is 104 cm³/mol. The van der Waals surface area contributed by atoms with Crippen LogP contribution in [0.4, 0.5) is 0 Å². The van der Waals surface area contributed by atoms with Crippen LogP contribution >= 0.6 is 0 Å². The number of fused-ring (bicyclic) bond motifs is 1. The van der Waals surface area contributed by atoms with Crippen LogP contribution in [0.25, 0.3) is 11.4 Å². The van der Waals surface area contributed by atoms with Crippen molar-refractivity contribution in [3.8, 4) is 11.4 Å². The molecule has 0 saturated carbocycles. The van der Waals surface area contributed by atoms with Gasteiger partial charge in [0, 0.05) is 25.7 Å². The lowest BCUT2D eigenvalue weighted by atomic mass is 10.0. The van der Waals surface area contributed by atoms with Gasteiger partial charge in [0.15, 0.2) is 0 Å². The highest BCUT2D eigenvalue weighted by atomic mass is 16.5. The molecular weight excluding hydrogens is 374 g/mol. The van der Waals surface area contributed by atoms with Crippen molar-refractivity contribution < 1.29 is 9.32 Å². The lowest BCUT2D eigenvalue weighted by Gasteiger charge is -2.21. The summed E-state index contributed by atoms with van der Waals surface area (Å²) in [6.45, 7) is 2.07. The number of carbonyl (C=O) groups is 1. The smallest absolute Gasteiger partial charge is 0.331 e. The molecule has 29 heavy (non-hydrogen) atoms. The van der Waals surface area contributed by atoms with Crippen LogP contribution in [0.15, 0.2) is 44.4 Å². The van der Waals surface area contributed by atoms with Crippen molar-refractivity contribution in [1.29, 1.82) is 0 Å². The predicted octanol–water partition coefficient (Wildman–Crippen LogP) is 1.02. The molecule has 3 heterocycles. The summed E-state index contributed by atoms with van der Waals surface area (Å²) in [4.78, 5) is 42.7. The number of benzene rings is 1. The molecule has 9 heteroatoms. The molecule has 2 aromatic heterocycles. The van der Waals surface area contributed by atoms with Crippen molar-refractivity contribution in [2.75, 3.05) is 0 Å². The number of rotatable bonds is 5. The van der Waals surface area contributed by atoms with Crippen LogP contribution in [0, 0.1) is 6.92 Å². The fourth-order valence-corrected chi connectivity index (χ4v) is 3.56. The molecule has 0 bridgehead atoms. The molecule has 0 unspecified atom stereocenters. The van der Waals surface area contributed by atoms with E-state index in [1.165, 1.54) is 0 Å². The molecule has 0 radical (unpaired) electrons. The second-order valence-corrected chi connectivity index (χ2v) is 7.00. The molecular formula is C20H21N5O4. The first kappa shape index (κ1) is 18.9. The second-order valence-electron chi connectivity index (χ2n) is 7.00. The first-order chi connectivity index (χ1) is 14.0. The second kappa shape index (κ2) is 7.86. The molecule has 150 valence electrons. The number of amides is 1. The van der Waals surface area contributed by atoms with E-state index >= 15 is 0 Å². The maximum atomic E-state index is 13.1. The van der Waals surface area contributed by atoms with Crippen molar-refractivity contribution >= 4 is 5.91 Å². The fraction of sp³-hybridized carbons (Fsp3) is 0.350. The van der Waals surface area contributed by atoms with E-state index in [2.05, 4.69) is 15.5 Å². The van der Waals surface area contributed by atoms with Crippen LogP contribution in [-0.2, 0) is 30.8 Å². The standard InChI is InChI=1S/C20H21N5O4/c1-13-22-18(23-29-13)17-15-9-5-6-10-24(15)20(28)25(19(17)27)12-16(26)21-11-14-7-3-2-4-8-14/h2-4,7-8H,5-6,9-12H2,1H3,(H,21,26). The SMILES string of the molecule is Cc1nc(-c2c3n(c(=O)n(CC(=O)NCc4ccccc4)c2=O)CCCC3)no1. The molecule has 0 atom stereocenters. The Bertz CT molecular complexity index is 1160. The molecule has 0 spiro atoms. The fourth-order valence-electron chi connectivity index (χ4n) is 3.56. The Hall–Kier alpha value is -3.49. The molecule has 1 aliphatic rings. The van der Waals surface area contributed by atoms with E-state index in [0.29, 0.717) is 31.1 Å². The van der Waals surface area contributed by atoms with Gasteiger partial charge < -0.3 is 9.84 Å². The largest absolute Gasteiger partial charge is 0.350 e. The molecule has 9 nitrogen and oxygen atoms in total. The third-order valence-corrected chi connectivity index (χ3v) is 4.97. The summed E-state index contributed by atoms with van der Waals surface area (Å²) in [5.74, 6) is 0.0589. The van der Waals surface area contributed by atoms with Gasteiger partial charge in [-0.2, -0.15) is 4.98 Å². The van der Waals surface area contributed by atoms with E-state index < -0.39 is 17.2 Å². The van der Waals surface area contributed by atoms with Gasteiger partial charge in [0.05, 0.1) is 0 Å². The monoisotopic (exact) mass is 395 g/mol. The Labute approximate surface area is 166 Å². The Balaban J connectivity index is 1.69. The van der Waals surface area contributed by atoms with Crippen molar-refractivity contribution in [2.45, 2.75) is 45.8 Å². The minimum absolute atomic E-state index is 0.150. The molecule has 0 fully saturated rings. The van der Waals surface area contributed by atoms with Crippen LogP contribution in [-0.4, -0.2) is 25.2 Å². The summed E-state index contributed by atoms with van der Waals surface area (Å²) in [6, 6.07) is 9.41. The van der Waals surface area contributed by atoms with E-state index in [1.54, 1.807) is 11.5 Å². The van der Waals surface area contributed by atoms with Gasteiger partial charge >= 0.3 is 5.69 Å². The molecule has 0 aliphatic carbocycles. The molecule has 0 saturated heterocycles. The Morgan fingerprint density at radius 3 is 2.72 bits per heavy atom. The molecule has 4 rings (SSSR count). The lowest BCUT2D eigenvalue weighted by molar-refractivity contribution is -0.121. The van der Waals surface area contributed by atoms with E-state index in [-0.39, 0.29) is 17.9 Å². The van der Waals surface area contributed by atoms with Crippen molar-refractivity contribution in [2.24, 2.45) is 0 Å². The minimum atomic E-state index is -0.571. The maximum absolute atomic E-state index is 13.1. The van der Waals surface area contributed by atoms with Gasteiger partial charge in [0.1, 0.15) is 12.1 Å². The Morgan fingerprint density at radius 2 is 2.00 bits per heavy atom. The van der Waals surface area contributed by atoms with Crippen molar-refractivity contribution in [3.63, 3.8) is 0 Å². The van der Waals surface area contributed by atoms with Crippen molar-refractivity contribution in [3.05, 3.63) is 68.3 Å². The van der Waals surface area contributed by atoms with Gasteiger partial charge in [-0.1, -0.05) is 35.5 Å². The normalized spacial score (nSPS) is 13.1. The van der Waals surface area contributed by atoms with Gasteiger partial charge in [-0.05, 0) is 24.8 Å². The molecule has 3 aromatic rings. The highest BCUT2D eigenvalue weighted by molar-refractivity contribution is 5.75. The van der Waals surface area contributed by atoms with Gasteiger partial charge in [0.25, 0.3) is 5.56 Å². The number of carbonyl (C=O) groups excluding carboxylic acids is 1. The summed E-state index contributed by atoms with van der Waals surface area (Å²) < 4.78 is 7.53. The topological polar surface area (TPSA) is 112 Å². The lowest BCUT2D eigenvalue weighted by Crippen LogP contribution is -2.46. The number of aromatic nitrogens is 4. The first-order valence-electron chi connectivity index (χ1n) is 9.52. The van der Waals surface area contributed by atoms with Crippen LogP contribution in [0.3, 0.4) is 0 Å². The van der Waals surface area contributed by atoms with E-state index in [9.17, 15) is 14.4 Å². The average Bonchev–Trinajstić information content (AvgIpc) is 3.16. The molecule has 1 aromatic carbocycles. The number of nitrogens with one attached hydrogen (secondary N) is 1. The average molecular weight is 395 g/mol. The van der Waals surface area contributed by atoms with Crippen LogP contribution in [0.2, 0.25) is 0 Å². The van der Waals surface area contributed by atoms with Crippen LogP contribution < -0.4 is 16.6 Å². The summed E-state index contributed by atoms with van der Waals surface area (Å²) in [5, 5.41) is 6.61. The zero-order valence-corrected chi connectivity index (χ0v) is 16.1. The van der Waals surface area contributed by atoms with Crippen LogP contribution in [0.1, 0.15) is 30.0 Å². The third kappa shape index (κ3) is 3.75. The van der Waals surface area contributed by atoms with E-state index in [1.807, 2.05) is 30.3 Å². The minimum Gasteiger partial charge on any atom is -0.350 e. The molecule has 1 amide bonds. The number of nitrogens with zero attached hydrogens (tertiary/aromatic N) is 4. The van der Waals surface area contributed by atoms with E-state index in [0.717, 1.165) is 23.0 Å².